The Kier molecular flexibility index (Phi) is 4.00. The van der Waals surface area contributed by atoms with E-state index in [4.69, 9.17) is 17.3 Å². The minimum atomic E-state index is -1.53. The highest BCUT2D eigenvalue weighted by Crippen LogP contribution is 2.29. The summed E-state index contributed by atoms with van der Waals surface area (Å²) in [5.74, 6) is 0. The normalized spacial score (nSPS) is 14.2. The van der Waals surface area contributed by atoms with E-state index < -0.39 is 5.67 Å². The molecule has 1 atom stereocenters. The molecule has 3 heteroatoms. The maximum absolute atomic E-state index is 14.9. The molecule has 1 unspecified atom stereocenters. The first-order valence-electron chi connectivity index (χ1n) is 5.83. The SMILES string of the molecule is NCC(F)(Cc1ccc(Cl)cc1)c1ccccc1. The van der Waals surface area contributed by atoms with E-state index in [0.29, 0.717) is 10.6 Å². The van der Waals surface area contributed by atoms with Gasteiger partial charge in [0, 0.05) is 18.0 Å². The predicted molar refractivity (Wildman–Crippen MR) is 73.4 cm³/mol. The molecule has 0 saturated carbocycles. The molecule has 0 aliphatic heterocycles. The molecular weight excluding hydrogens is 249 g/mol. The zero-order chi connectivity index (χ0) is 13.0. The van der Waals surface area contributed by atoms with Gasteiger partial charge in [0.1, 0.15) is 0 Å². The molecule has 1 nitrogen and oxygen atoms in total. The van der Waals surface area contributed by atoms with Crippen molar-refractivity contribution in [1.82, 2.24) is 0 Å². The highest BCUT2D eigenvalue weighted by molar-refractivity contribution is 6.30. The number of nitrogens with two attached hydrogens (primary N) is 1. The third-order valence-corrected chi connectivity index (χ3v) is 3.26. The second kappa shape index (κ2) is 5.51. The third kappa shape index (κ3) is 2.89. The molecule has 18 heavy (non-hydrogen) atoms. The zero-order valence-corrected chi connectivity index (χ0v) is 10.7. The summed E-state index contributed by atoms with van der Waals surface area (Å²) in [5.41, 5.74) is 5.58. The minimum absolute atomic E-state index is 0.0420. The van der Waals surface area contributed by atoms with Crippen molar-refractivity contribution >= 4 is 11.6 Å². The first-order chi connectivity index (χ1) is 8.64. The van der Waals surface area contributed by atoms with Crippen LogP contribution >= 0.6 is 11.6 Å². The third-order valence-electron chi connectivity index (χ3n) is 3.01. The van der Waals surface area contributed by atoms with Crippen molar-refractivity contribution < 1.29 is 4.39 Å². The van der Waals surface area contributed by atoms with Gasteiger partial charge in [-0.25, -0.2) is 4.39 Å². The van der Waals surface area contributed by atoms with E-state index in [1.54, 1.807) is 24.3 Å². The van der Waals surface area contributed by atoms with Gasteiger partial charge in [0.05, 0.1) is 0 Å². The van der Waals surface area contributed by atoms with Crippen molar-refractivity contribution in [3.8, 4) is 0 Å². The van der Waals surface area contributed by atoms with Gasteiger partial charge in [0.25, 0.3) is 0 Å². The lowest BCUT2D eigenvalue weighted by atomic mass is 9.89. The second-order valence-electron chi connectivity index (χ2n) is 4.34. The standard InChI is InChI=1S/C15H15ClFN/c16-14-8-6-12(7-9-14)10-15(17,11-18)13-4-2-1-3-5-13/h1-9H,10-11,18H2. The Morgan fingerprint density at radius 2 is 1.61 bits per heavy atom. The molecule has 2 aromatic rings. The van der Waals surface area contributed by atoms with Gasteiger partial charge in [-0.15, -0.1) is 0 Å². The number of hydrogen-bond acceptors (Lipinski definition) is 1. The zero-order valence-electron chi connectivity index (χ0n) is 9.94. The summed E-state index contributed by atoms with van der Waals surface area (Å²) in [5, 5.41) is 0.649. The maximum atomic E-state index is 14.9. The predicted octanol–water partition coefficient (Wildman–Crippen LogP) is 3.71. The van der Waals surface area contributed by atoms with Crippen LogP contribution in [0.2, 0.25) is 5.02 Å². The number of alkyl halides is 1. The minimum Gasteiger partial charge on any atom is -0.327 e. The molecule has 2 N–H and O–H groups in total. The van der Waals surface area contributed by atoms with Crippen molar-refractivity contribution in [3.63, 3.8) is 0 Å². The van der Waals surface area contributed by atoms with E-state index in [2.05, 4.69) is 0 Å². The lowest BCUT2D eigenvalue weighted by Crippen LogP contribution is -2.32. The van der Waals surface area contributed by atoms with E-state index in [-0.39, 0.29) is 13.0 Å². The highest BCUT2D eigenvalue weighted by Gasteiger charge is 2.30. The molecule has 0 saturated heterocycles. The molecule has 0 radical (unpaired) electrons. The van der Waals surface area contributed by atoms with Gasteiger partial charge in [-0.3, -0.25) is 0 Å². The Morgan fingerprint density at radius 3 is 2.17 bits per heavy atom. The van der Waals surface area contributed by atoms with E-state index in [1.165, 1.54) is 0 Å². The molecule has 0 bridgehead atoms. The Balaban J connectivity index is 2.26. The Hall–Kier alpha value is -1.38. The second-order valence-corrected chi connectivity index (χ2v) is 4.78. The van der Waals surface area contributed by atoms with Gasteiger partial charge in [-0.05, 0) is 23.3 Å². The average Bonchev–Trinajstić information content (AvgIpc) is 2.42. The maximum Gasteiger partial charge on any atom is 0.152 e. The van der Waals surface area contributed by atoms with Crippen LogP contribution in [-0.2, 0) is 12.1 Å². The number of hydrogen-bond donors (Lipinski definition) is 1. The van der Waals surface area contributed by atoms with Crippen molar-refractivity contribution in [1.29, 1.82) is 0 Å². The van der Waals surface area contributed by atoms with E-state index in [9.17, 15) is 4.39 Å². The van der Waals surface area contributed by atoms with Gasteiger partial charge in [0.15, 0.2) is 5.67 Å². The van der Waals surface area contributed by atoms with Crippen LogP contribution in [0.1, 0.15) is 11.1 Å². The molecule has 0 aliphatic carbocycles. The van der Waals surface area contributed by atoms with Crippen LogP contribution in [-0.4, -0.2) is 6.54 Å². The molecule has 0 heterocycles. The van der Waals surface area contributed by atoms with Crippen LogP contribution in [0.5, 0.6) is 0 Å². The summed E-state index contributed by atoms with van der Waals surface area (Å²) >= 11 is 5.82. The van der Waals surface area contributed by atoms with Crippen molar-refractivity contribution in [2.45, 2.75) is 12.1 Å². The first-order valence-corrected chi connectivity index (χ1v) is 6.21. The van der Waals surface area contributed by atoms with Crippen LogP contribution in [0.25, 0.3) is 0 Å². The van der Waals surface area contributed by atoms with Crippen LogP contribution in [0, 0.1) is 0 Å². The molecule has 0 spiro atoms. The first kappa shape index (κ1) is 13.1. The fourth-order valence-corrected chi connectivity index (χ4v) is 2.08. The summed E-state index contributed by atoms with van der Waals surface area (Å²) < 4.78 is 14.9. The quantitative estimate of drug-likeness (QED) is 0.894. The summed E-state index contributed by atoms with van der Waals surface area (Å²) in [6.07, 6.45) is 0.255. The summed E-state index contributed by atoms with van der Waals surface area (Å²) in [7, 11) is 0. The van der Waals surface area contributed by atoms with Crippen molar-refractivity contribution in [2.75, 3.05) is 6.54 Å². The van der Waals surface area contributed by atoms with Crippen molar-refractivity contribution in [2.24, 2.45) is 5.73 Å². The van der Waals surface area contributed by atoms with Gasteiger partial charge in [-0.1, -0.05) is 54.1 Å². The monoisotopic (exact) mass is 263 g/mol. The fourth-order valence-electron chi connectivity index (χ4n) is 1.95. The number of halogens is 2. The van der Waals surface area contributed by atoms with Crippen LogP contribution in [0.15, 0.2) is 54.6 Å². The van der Waals surface area contributed by atoms with Crippen LogP contribution < -0.4 is 5.73 Å². The fraction of sp³-hybridized carbons (Fsp3) is 0.200. The lowest BCUT2D eigenvalue weighted by molar-refractivity contribution is 0.175. The Bertz CT molecular complexity index is 498. The van der Waals surface area contributed by atoms with Gasteiger partial charge in [-0.2, -0.15) is 0 Å². The van der Waals surface area contributed by atoms with Crippen molar-refractivity contribution in [3.05, 3.63) is 70.7 Å². The van der Waals surface area contributed by atoms with Gasteiger partial charge < -0.3 is 5.73 Å². The Labute approximate surface area is 111 Å². The molecule has 2 rings (SSSR count). The number of rotatable bonds is 4. The topological polar surface area (TPSA) is 26.0 Å². The molecule has 0 aromatic heterocycles. The summed E-state index contributed by atoms with van der Waals surface area (Å²) in [6, 6.07) is 16.2. The van der Waals surface area contributed by atoms with E-state index in [1.807, 2.05) is 30.3 Å². The van der Waals surface area contributed by atoms with Crippen LogP contribution in [0.4, 0.5) is 4.39 Å². The summed E-state index contributed by atoms with van der Waals surface area (Å²) in [4.78, 5) is 0. The molecular formula is C15H15ClFN. The highest BCUT2D eigenvalue weighted by atomic mass is 35.5. The smallest absolute Gasteiger partial charge is 0.152 e. The van der Waals surface area contributed by atoms with E-state index in [0.717, 1.165) is 5.56 Å². The molecule has 0 amide bonds. The molecule has 94 valence electrons. The van der Waals surface area contributed by atoms with Gasteiger partial charge in [0.2, 0.25) is 0 Å². The Morgan fingerprint density at radius 1 is 1.00 bits per heavy atom. The number of benzene rings is 2. The average molecular weight is 264 g/mol. The van der Waals surface area contributed by atoms with Crippen LogP contribution in [0.3, 0.4) is 0 Å². The lowest BCUT2D eigenvalue weighted by Gasteiger charge is -2.24. The van der Waals surface area contributed by atoms with Gasteiger partial charge >= 0.3 is 0 Å². The largest absolute Gasteiger partial charge is 0.327 e. The molecule has 2 aromatic carbocycles. The van der Waals surface area contributed by atoms with E-state index >= 15 is 0 Å². The molecule has 0 aliphatic rings. The summed E-state index contributed by atoms with van der Waals surface area (Å²) in [6.45, 7) is -0.0420. The molecule has 0 fully saturated rings.